The highest BCUT2D eigenvalue weighted by molar-refractivity contribution is 5.85. The van der Waals surface area contributed by atoms with Gasteiger partial charge in [0.05, 0.1) is 0 Å². The van der Waals surface area contributed by atoms with Crippen LogP contribution in [0.25, 0.3) is 0 Å². The Labute approximate surface area is 128 Å². The van der Waals surface area contributed by atoms with Gasteiger partial charge < -0.3 is 5.73 Å². The van der Waals surface area contributed by atoms with Gasteiger partial charge in [-0.05, 0) is 37.2 Å². The van der Waals surface area contributed by atoms with E-state index in [1.807, 2.05) is 6.08 Å². The lowest BCUT2D eigenvalue weighted by Crippen LogP contribution is -2.62. The van der Waals surface area contributed by atoms with E-state index in [0.717, 1.165) is 12.5 Å². The van der Waals surface area contributed by atoms with E-state index in [0.29, 0.717) is 0 Å². The molecule has 2 nitrogen and oxygen atoms in total. The van der Waals surface area contributed by atoms with Crippen molar-refractivity contribution in [2.45, 2.75) is 37.3 Å². The van der Waals surface area contributed by atoms with Crippen molar-refractivity contribution in [2.24, 2.45) is 11.7 Å². The van der Waals surface area contributed by atoms with E-state index in [-0.39, 0.29) is 24.0 Å². The number of nitrogens with two attached hydrogens (primary N) is 1. The van der Waals surface area contributed by atoms with Crippen molar-refractivity contribution in [3.8, 4) is 0 Å². The number of fused-ring (bicyclic) bond motifs is 3. The van der Waals surface area contributed by atoms with Crippen LogP contribution in [-0.2, 0) is 0 Å². The van der Waals surface area contributed by atoms with Crippen molar-refractivity contribution in [3.63, 3.8) is 0 Å². The van der Waals surface area contributed by atoms with Crippen LogP contribution in [0.2, 0.25) is 0 Å². The maximum absolute atomic E-state index is 6.68. The Morgan fingerprint density at radius 2 is 1.95 bits per heavy atom. The van der Waals surface area contributed by atoms with Crippen molar-refractivity contribution in [1.29, 1.82) is 0 Å². The van der Waals surface area contributed by atoms with Gasteiger partial charge >= 0.3 is 0 Å². The summed E-state index contributed by atoms with van der Waals surface area (Å²) in [5, 5.41) is 0. The quantitative estimate of drug-likeness (QED) is 0.860. The second-order valence-corrected chi connectivity index (χ2v) is 6.13. The second-order valence-electron chi connectivity index (χ2n) is 6.13. The monoisotopic (exact) mass is 292 g/mol. The summed E-state index contributed by atoms with van der Waals surface area (Å²) in [6.45, 7) is 6.09. The molecule has 3 aliphatic rings. The van der Waals surface area contributed by atoms with Crippen LogP contribution >= 0.6 is 12.4 Å². The third kappa shape index (κ3) is 2.52. The van der Waals surface area contributed by atoms with Gasteiger partial charge in [-0.15, -0.1) is 19.0 Å². The summed E-state index contributed by atoms with van der Waals surface area (Å²) < 4.78 is 0. The standard InChI is InChI=1S/C17H24N2.ClH/c1-2-12-19-13-14-8-10-17(19,11-9-14)16(18)15-6-4-3-5-7-15;/h2-7,14,16H,1,8-13,18H2;1H. The average molecular weight is 293 g/mol. The van der Waals surface area contributed by atoms with Crippen LogP contribution in [0.3, 0.4) is 0 Å². The SMILES string of the molecule is C=CCN1CC2CCC1(C(N)c1ccccc1)CC2.Cl. The van der Waals surface area contributed by atoms with E-state index >= 15 is 0 Å². The Morgan fingerprint density at radius 1 is 1.30 bits per heavy atom. The van der Waals surface area contributed by atoms with Crippen molar-refractivity contribution >= 4 is 12.4 Å². The molecular formula is C17H25ClN2. The summed E-state index contributed by atoms with van der Waals surface area (Å²) >= 11 is 0. The maximum atomic E-state index is 6.68. The van der Waals surface area contributed by atoms with Crippen molar-refractivity contribution < 1.29 is 0 Å². The molecule has 1 aromatic rings. The molecule has 3 heteroatoms. The fourth-order valence-corrected chi connectivity index (χ4v) is 4.06. The zero-order valence-corrected chi connectivity index (χ0v) is 12.8. The molecule has 1 atom stereocenters. The molecule has 0 radical (unpaired) electrons. The molecule has 2 heterocycles. The minimum atomic E-state index is 0. The lowest BCUT2D eigenvalue weighted by atomic mass is 9.66. The number of hydrogen-bond donors (Lipinski definition) is 1. The van der Waals surface area contributed by atoms with Crippen LogP contribution < -0.4 is 5.73 Å². The molecule has 2 aliphatic heterocycles. The van der Waals surface area contributed by atoms with Crippen LogP contribution in [-0.4, -0.2) is 23.5 Å². The lowest BCUT2D eigenvalue weighted by molar-refractivity contribution is -0.0440. The molecule has 2 bridgehead atoms. The summed E-state index contributed by atoms with van der Waals surface area (Å²) in [6.07, 6.45) is 7.19. The minimum Gasteiger partial charge on any atom is -0.322 e. The fraction of sp³-hybridized carbons (Fsp3) is 0.529. The van der Waals surface area contributed by atoms with Gasteiger partial charge in [-0.3, -0.25) is 4.90 Å². The minimum absolute atomic E-state index is 0. The highest BCUT2D eigenvalue weighted by Crippen LogP contribution is 2.48. The molecule has 2 N–H and O–H groups in total. The Morgan fingerprint density at radius 3 is 2.55 bits per heavy atom. The maximum Gasteiger partial charge on any atom is 0.0482 e. The van der Waals surface area contributed by atoms with Crippen molar-refractivity contribution in [1.82, 2.24) is 4.90 Å². The van der Waals surface area contributed by atoms with Gasteiger partial charge in [0, 0.05) is 24.7 Å². The molecular weight excluding hydrogens is 268 g/mol. The van der Waals surface area contributed by atoms with Crippen molar-refractivity contribution in [3.05, 3.63) is 48.6 Å². The Kier molecular flexibility index (Phi) is 4.90. The molecule has 20 heavy (non-hydrogen) atoms. The van der Waals surface area contributed by atoms with E-state index in [2.05, 4.69) is 41.8 Å². The highest BCUT2D eigenvalue weighted by Gasteiger charge is 2.49. The number of piperidine rings is 2. The number of nitrogens with zero attached hydrogens (tertiary/aromatic N) is 1. The molecule has 4 rings (SSSR count). The Bertz CT molecular complexity index is 438. The van der Waals surface area contributed by atoms with Crippen molar-refractivity contribution in [2.75, 3.05) is 13.1 Å². The zero-order valence-electron chi connectivity index (χ0n) is 12.0. The molecule has 1 aromatic carbocycles. The second kappa shape index (κ2) is 6.30. The molecule has 3 fully saturated rings. The zero-order chi connectivity index (χ0) is 13.3. The molecule has 0 spiro atoms. The highest BCUT2D eigenvalue weighted by atomic mass is 35.5. The third-order valence-corrected chi connectivity index (χ3v) is 5.17. The lowest BCUT2D eigenvalue weighted by Gasteiger charge is -2.57. The predicted molar refractivity (Wildman–Crippen MR) is 87.1 cm³/mol. The smallest absolute Gasteiger partial charge is 0.0482 e. The number of halogens is 1. The summed E-state index contributed by atoms with van der Waals surface area (Å²) in [7, 11) is 0. The summed E-state index contributed by atoms with van der Waals surface area (Å²) in [4.78, 5) is 2.59. The predicted octanol–water partition coefficient (Wildman–Crippen LogP) is 3.54. The van der Waals surface area contributed by atoms with Crippen LogP contribution in [0.4, 0.5) is 0 Å². The van der Waals surface area contributed by atoms with Gasteiger partial charge in [-0.25, -0.2) is 0 Å². The topological polar surface area (TPSA) is 29.3 Å². The van der Waals surface area contributed by atoms with Crippen LogP contribution in [0.1, 0.15) is 37.3 Å². The molecule has 1 saturated carbocycles. The molecule has 110 valence electrons. The number of hydrogen-bond acceptors (Lipinski definition) is 2. The van der Waals surface area contributed by atoms with E-state index in [4.69, 9.17) is 5.73 Å². The molecule has 0 aromatic heterocycles. The third-order valence-electron chi connectivity index (χ3n) is 5.17. The average Bonchev–Trinajstić information content (AvgIpc) is 2.49. The van der Waals surface area contributed by atoms with Crippen LogP contribution in [0.5, 0.6) is 0 Å². The summed E-state index contributed by atoms with van der Waals surface area (Å²) in [5.74, 6) is 0.879. The van der Waals surface area contributed by atoms with Crippen LogP contribution in [0, 0.1) is 5.92 Å². The van der Waals surface area contributed by atoms with Gasteiger partial charge in [-0.1, -0.05) is 36.4 Å². The number of rotatable bonds is 4. The first-order valence-electron chi connectivity index (χ1n) is 7.43. The van der Waals surface area contributed by atoms with Gasteiger partial charge in [-0.2, -0.15) is 0 Å². The first-order chi connectivity index (χ1) is 9.26. The summed E-state index contributed by atoms with van der Waals surface area (Å²) in [6, 6.07) is 10.7. The van der Waals surface area contributed by atoms with Gasteiger partial charge in [0.15, 0.2) is 0 Å². The molecule has 1 aliphatic carbocycles. The number of benzene rings is 1. The molecule has 0 amide bonds. The van der Waals surface area contributed by atoms with Gasteiger partial charge in [0.25, 0.3) is 0 Å². The Hall–Kier alpha value is -0.830. The normalized spacial score (nSPS) is 30.6. The molecule has 1 unspecified atom stereocenters. The Balaban J connectivity index is 0.00000147. The van der Waals surface area contributed by atoms with E-state index in [1.54, 1.807) is 0 Å². The fourth-order valence-electron chi connectivity index (χ4n) is 4.06. The first-order valence-corrected chi connectivity index (χ1v) is 7.43. The molecule has 2 saturated heterocycles. The van der Waals surface area contributed by atoms with E-state index in [1.165, 1.54) is 37.8 Å². The summed E-state index contributed by atoms with van der Waals surface area (Å²) in [5.41, 5.74) is 8.12. The largest absolute Gasteiger partial charge is 0.322 e. The van der Waals surface area contributed by atoms with Gasteiger partial charge in [0.1, 0.15) is 0 Å². The van der Waals surface area contributed by atoms with E-state index in [9.17, 15) is 0 Å². The van der Waals surface area contributed by atoms with Gasteiger partial charge in [0.2, 0.25) is 0 Å². The van der Waals surface area contributed by atoms with E-state index < -0.39 is 0 Å². The first kappa shape index (κ1) is 15.6. The van der Waals surface area contributed by atoms with Crippen LogP contribution in [0.15, 0.2) is 43.0 Å².